The number of hydrogen-bond donors (Lipinski definition) is 1. The predicted molar refractivity (Wildman–Crippen MR) is 130 cm³/mol. The van der Waals surface area contributed by atoms with Crippen LogP contribution in [0.2, 0.25) is 0 Å². The summed E-state index contributed by atoms with van der Waals surface area (Å²) in [5, 5.41) is 23.9. The monoisotopic (exact) mass is 460 g/mol. The molecule has 5 atom stereocenters. The summed E-state index contributed by atoms with van der Waals surface area (Å²) in [7, 11) is 1.64. The van der Waals surface area contributed by atoms with Crippen molar-refractivity contribution in [1.82, 2.24) is 4.98 Å². The second kappa shape index (κ2) is 8.81. The number of piperidine rings is 3. The first-order valence-corrected chi connectivity index (χ1v) is 11.8. The maximum absolute atomic E-state index is 11.8. The lowest BCUT2D eigenvalue weighted by Gasteiger charge is -2.58. The van der Waals surface area contributed by atoms with Crippen LogP contribution in [0.1, 0.15) is 30.1 Å². The standard InChI is InChI=1S/C27H30N3O4/c1-3-19-17-30(16-18-4-6-21(7-5-18)29(32)33)13-11-20(19)14-26(30)27(31)23-10-12-28-25-9-8-22(34-2)15-24(23)25/h3-10,12,15,19-20,26-27,31H,1,11,13-14,16-17H2,2H3/q+1/t19-,20-,26-,27+,30+/m0/s1. The van der Waals surface area contributed by atoms with Crippen LogP contribution in [0.4, 0.5) is 5.69 Å². The molecular weight excluding hydrogens is 430 g/mol. The molecule has 4 heterocycles. The lowest BCUT2D eigenvalue weighted by Crippen LogP contribution is -2.67. The van der Waals surface area contributed by atoms with Gasteiger partial charge in [0.1, 0.15) is 24.4 Å². The van der Waals surface area contributed by atoms with E-state index >= 15 is 0 Å². The summed E-state index contributed by atoms with van der Waals surface area (Å²) >= 11 is 0. The summed E-state index contributed by atoms with van der Waals surface area (Å²) in [4.78, 5) is 15.2. The fourth-order valence-electron chi connectivity index (χ4n) is 6.21. The number of hydrogen-bond acceptors (Lipinski definition) is 5. The molecular formula is C27H30N3O4+. The van der Waals surface area contributed by atoms with Crippen molar-refractivity contribution in [1.29, 1.82) is 0 Å². The van der Waals surface area contributed by atoms with E-state index in [1.54, 1.807) is 25.4 Å². The zero-order valence-corrected chi connectivity index (χ0v) is 19.3. The van der Waals surface area contributed by atoms with Gasteiger partial charge in [0.2, 0.25) is 0 Å². The van der Waals surface area contributed by atoms with Crippen LogP contribution in [0.15, 0.2) is 67.4 Å². The quantitative estimate of drug-likeness (QED) is 0.237. The third kappa shape index (κ3) is 3.85. The van der Waals surface area contributed by atoms with E-state index in [2.05, 4.69) is 17.6 Å². The van der Waals surface area contributed by atoms with Crippen molar-refractivity contribution in [3.8, 4) is 5.75 Å². The number of ether oxygens (including phenoxy) is 1. The maximum atomic E-state index is 11.8. The van der Waals surface area contributed by atoms with E-state index in [9.17, 15) is 15.2 Å². The minimum atomic E-state index is -0.663. The zero-order valence-electron chi connectivity index (χ0n) is 19.3. The van der Waals surface area contributed by atoms with Crippen LogP contribution >= 0.6 is 0 Å². The average Bonchev–Trinajstić information content (AvgIpc) is 2.87. The fraction of sp³-hybridized carbons (Fsp3) is 0.370. The van der Waals surface area contributed by atoms with E-state index in [1.807, 2.05) is 36.4 Å². The van der Waals surface area contributed by atoms with Gasteiger partial charge < -0.3 is 14.3 Å². The van der Waals surface area contributed by atoms with Crippen LogP contribution in [0, 0.1) is 22.0 Å². The Kier molecular flexibility index (Phi) is 5.83. The highest BCUT2D eigenvalue weighted by molar-refractivity contribution is 5.83. The van der Waals surface area contributed by atoms with Gasteiger partial charge in [0, 0.05) is 48.0 Å². The Morgan fingerprint density at radius 2 is 2.09 bits per heavy atom. The Hall–Kier alpha value is -3.29. The van der Waals surface area contributed by atoms with Crippen molar-refractivity contribution < 1.29 is 19.2 Å². The van der Waals surface area contributed by atoms with E-state index in [-0.39, 0.29) is 16.7 Å². The van der Waals surface area contributed by atoms with Gasteiger partial charge in [-0.1, -0.05) is 6.08 Å². The molecule has 2 bridgehead atoms. The Morgan fingerprint density at radius 3 is 2.79 bits per heavy atom. The molecule has 3 fully saturated rings. The third-order valence-electron chi connectivity index (χ3n) is 7.99. The van der Waals surface area contributed by atoms with Crippen LogP contribution in [0.5, 0.6) is 5.75 Å². The summed E-state index contributed by atoms with van der Waals surface area (Å²) in [6.07, 6.45) is 5.18. The van der Waals surface area contributed by atoms with Crippen molar-refractivity contribution in [3.05, 3.63) is 88.6 Å². The van der Waals surface area contributed by atoms with Gasteiger partial charge in [0.05, 0.1) is 30.6 Å². The van der Waals surface area contributed by atoms with E-state index in [0.717, 1.165) is 64.7 Å². The highest BCUT2D eigenvalue weighted by Crippen LogP contribution is 2.48. The summed E-state index contributed by atoms with van der Waals surface area (Å²) in [5.41, 5.74) is 2.85. The van der Waals surface area contributed by atoms with Gasteiger partial charge in [-0.05, 0) is 47.9 Å². The SMILES string of the molecule is C=C[C@H]1C[N@+]2(Cc3ccc([N+](=O)[O-])cc3)CC[C@H]1C[C@H]2[C@H](O)c1ccnc2ccc(OC)cc12. The van der Waals surface area contributed by atoms with E-state index in [0.29, 0.717) is 11.8 Å². The molecule has 176 valence electrons. The molecule has 0 radical (unpaired) electrons. The lowest BCUT2D eigenvalue weighted by molar-refractivity contribution is -0.984. The lowest BCUT2D eigenvalue weighted by atomic mass is 9.71. The number of fused-ring (bicyclic) bond motifs is 4. The average molecular weight is 461 g/mol. The van der Waals surface area contributed by atoms with Gasteiger partial charge in [-0.3, -0.25) is 15.1 Å². The third-order valence-corrected chi connectivity index (χ3v) is 7.99. The van der Waals surface area contributed by atoms with E-state index in [1.165, 1.54) is 0 Å². The Bertz CT molecular complexity index is 1230. The fourth-order valence-corrected chi connectivity index (χ4v) is 6.21. The molecule has 6 rings (SSSR count). The number of non-ortho nitro benzene ring substituents is 1. The molecule has 34 heavy (non-hydrogen) atoms. The molecule has 7 nitrogen and oxygen atoms in total. The van der Waals surface area contributed by atoms with Crippen LogP contribution in [0.3, 0.4) is 0 Å². The molecule has 3 aliphatic heterocycles. The van der Waals surface area contributed by atoms with Crippen LogP contribution in [0.25, 0.3) is 10.9 Å². The molecule has 2 aromatic carbocycles. The van der Waals surface area contributed by atoms with Crippen molar-refractivity contribution in [2.75, 3.05) is 20.2 Å². The minimum absolute atomic E-state index is 0.0157. The van der Waals surface area contributed by atoms with E-state index < -0.39 is 6.10 Å². The molecule has 7 heteroatoms. The predicted octanol–water partition coefficient (Wildman–Crippen LogP) is 4.80. The molecule has 1 aromatic heterocycles. The topological polar surface area (TPSA) is 85.5 Å². The molecule has 0 unspecified atom stereocenters. The second-order valence-corrected chi connectivity index (χ2v) is 9.69. The van der Waals surface area contributed by atoms with Crippen LogP contribution in [-0.4, -0.2) is 45.7 Å². The number of nitro benzene ring substituents is 1. The number of nitro groups is 1. The van der Waals surface area contributed by atoms with Crippen LogP contribution < -0.4 is 4.74 Å². The first-order valence-electron chi connectivity index (χ1n) is 11.8. The van der Waals surface area contributed by atoms with Crippen molar-refractivity contribution >= 4 is 16.6 Å². The summed E-state index contributed by atoms with van der Waals surface area (Å²) in [6, 6.07) is 14.5. The number of nitrogens with zero attached hydrogens (tertiary/aromatic N) is 3. The number of rotatable bonds is 7. The number of methoxy groups -OCH3 is 1. The normalized spacial score (nSPS) is 26.8. The molecule has 3 aromatic rings. The second-order valence-electron chi connectivity index (χ2n) is 9.69. The first kappa shape index (κ1) is 22.5. The number of benzene rings is 2. The van der Waals surface area contributed by atoms with Gasteiger partial charge in [0.15, 0.2) is 0 Å². The Morgan fingerprint density at radius 1 is 1.29 bits per heavy atom. The van der Waals surface area contributed by atoms with Crippen molar-refractivity contribution in [2.24, 2.45) is 11.8 Å². The molecule has 0 amide bonds. The minimum Gasteiger partial charge on any atom is -0.497 e. The van der Waals surface area contributed by atoms with Gasteiger partial charge in [-0.15, -0.1) is 6.58 Å². The Balaban J connectivity index is 1.53. The highest BCUT2D eigenvalue weighted by atomic mass is 16.6. The van der Waals surface area contributed by atoms with Gasteiger partial charge in [0.25, 0.3) is 5.69 Å². The molecule has 0 aliphatic carbocycles. The summed E-state index contributed by atoms with van der Waals surface area (Å²) in [6.45, 7) is 6.70. The zero-order chi connectivity index (χ0) is 23.9. The number of pyridine rings is 1. The molecule has 3 saturated heterocycles. The first-order chi connectivity index (χ1) is 16.4. The largest absolute Gasteiger partial charge is 0.497 e. The van der Waals surface area contributed by atoms with Gasteiger partial charge in [-0.2, -0.15) is 0 Å². The van der Waals surface area contributed by atoms with Gasteiger partial charge >= 0.3 is 0 Å². The number of aliphatic hydroxyl groups excluding tert-OH is 1. The number of quaternary nitrogens is 1. The molecule has 0 spiro atoms. The van der Waals surface area contributed by atoms with Crippen molar-refractivity contribution in [3.63, 3.8) is 0 Å². The number of aromatic nitrogens is 1. The maximum Gasteiger partial charge on any atom is 0.269 e. The van der Waals surface area contributed by atoms with Gasteiger partial charge in [-0.25, -0.2) is 0 Å². The van der Waals surface area contributed by atoms with Crippen LogP contribution in [-0.2, 0) is 6.54 Å². The number of aliphatic hydroxyl groups is 1. The molecule has 3 aliphatic rings. The Labute approximate surface area is 199 Å². The van der Waals surface area contributed by atoms with Crippen molar-refractivity contribution in [2.45, 2.75) is 31.5 Å². The highest BCUT2D eigenvalue weighted by Gasteiger charge is 2.54. The summed E-state index contributed by atoms with van der Waals surface area (Å²) in [5.74, 6) is 1.65. The molecule has 1 N–H and O–H groups in total. The smallest absolute Gasteiger partial charge is 0.269 e. The molecule has 0 saturated carbocycles. The summed E-state index contributed by atoms with van der Waals surface area (Å²) < 4.78 is 6.18. The van der Waals surface area contributed by atoms with E-state index in [4.69, 9.17) is 4.74 Å².